The molecule has 20 atom stereocenters. The number of aliphatic hydroxyl groups excluding tert-OH is 12. The van der Waals surface area contributed by atoms with E-state index in [1.165, 1.54) is 9.36 Å². The zero-order valence-corrected chi connectivity index (χ0v) is 43.6. The second-order valence-electron chi connectivity index (χ2n) is 19.4. The summed E-state index contributed by atoms with van der Waals surface area (Å²) < 4.78 is 70.1. The van der Waals surface area contributed by atoms with Gasteiger partial charge in [0.2, 0.25) is 11.8 Å². The molecule has 5 saturated heterocycles. The Morgan fingerprint density at radius 1 is 0.487 bits per heavy atom. The minimum Gasteiger partial charge on any atom is -0.394 e. The Morgan fingerprint density at radius 3 is 1.25 bits per heavy atom. The molecular weight excluding hydrogens is 1080 g/mol. The first-order valence-electron chi connectivity index (χ1n) is 26.3. The number of nitrogens with one attached hydrogen (secondary N) is 2. The van der Waals surface area contributed by atoms with Crippen LogP contribution in [0.2, 0.25) is 0 Å². The summed E-state index contributed by atoms with van der Waals surface area (Å²) in [6.45, 7) is 0.258. The van der Waals surface area contributed by atoms with Crippen LogP contribution in [0.15, 0.2) is 12.4 Å². The molecule has 2 aromatic heterocycles. The van der Waals surface area contributed by atoms with Gasteiger partial charge in [0, 0.05) is 38.1 Å². The molecule has 0 unspecified atom stereocenters. The van der Waals surface area contributed by atoms with Crippen LogP contribution < -0.4 is 10.6 Å². The maximum atomic E-state index is 13.2. The van der Waals surface area contributed by atoms with E-state index in [0.717, 1.165) is 0 Å². The summed E-state index contributed by atoms with van der Waals surface area (Å²) in [7, 11) is 0. The molecule has 5 aliphatic heterocycles. The third kappa shape index (κ3) is 17.7. The maximum Gasteiger partial charge on any atom is 0.220 e. The number of aromatic nitrogens is 6. The number of carbonyl (C=O) groups is 2. The molecule has 0 radical (unpaired) electrons. The van der Waals surface area contributed by atoms with Crippen LogP contribution in [0.3, 0.4) is 0 Å². The van der Waals surface area contributed by atoms with Gasteiger partial charge in [-0.15, -0.1) is 10.2 Å². The molecule has 0 aromatic carbocycles. The zero-order chi connectivity index (χ0) is 57.3. The molecule has 0 aliphatic carbocycles. The van der Waals surface area contributed by atoms with E-state index in [9.17, 15) is 70.9 Å². The lowest BCUT2D eigenvalue weighted by Crippen LogP contribution is -2.68. The van der Waals surface area contributed by atoms with Gasteiger partial charge >= 0.3 is 0 Å². The van der Waals surface area contributed by atoms with Crippen molar-refractivity contribution in [3.63, 3.8) is 0 Å². The smallest absolute Gasteiger partial charge is 0.220 e. The van der Waals surface area contributed by atoms with Crippen molar-refractivity contribution >= 4 is 11.8 Å². The quantitative estimate of drug-likeness (QED) is 0.0323. The van der Waals surface area contributed by atoms with Gasteiger partial charge in [-0.3, -0.25) is 9.59 Å². The van der Waals surface area contributed by atoms with E-state index < -0.39 is 161 Å². The largest absolute Gasteiger partial charge is 0.394 e. The number of ether oxygens (including phenoxy) is 12. The topological polar surface area (TPSA) is 473 Å². The second-order valence-corrected chi connectivity index (χ2v) is 19.4. The third-order valence-corrected chi connectivity index (χ3v) is 13.7. The number of nitrogens with zero attached hydrogens (tertiary/aromatic N) is 6. The summed E-state index contributed by atoms with van der Waals surface area (Å²) in [4.78, 5) is 26.4. The SMILES string of the molecule is O=C(CCc1cn(CCOCCOCCO[C@@H]2O[C@H](CO)[C@H](O)[C@H](O)[C@H]2O)nn1)N[C@H]1[C@@H]2OC[C@H]3O[C@@H](OC[C@@H](O2)[C@@H](O)[C@@H]1O)[C@H](NC(=O)CCc1cn(CCOCCOCCO[C@@H]2O[C@H](CO)[C@H](O)[C@H](O)[C@H]2O)nn1)[C@@H](O)[C@@H]3O. The highest BCUT2D eigenvalue weighted by molar-refractivity contribution is 5.77. The van der Waals surface area contributed by atoms with E-state index in [0.29, 0.717) is 24.5 Å². The molecule has 5 fully saturated rings. The highest BCUT2D eigenvalue weighted by atomic mass is 16.7. The van der Waals surface area contributed by atoms with Crippen LogP contribution in [0.5, 0.6) is 0 Å². The summed E-state index contributed by atoms with van der Waals surface area (Å²) in [6.07, 6.45) is -21.9. The van der Waals surface area contributed by atoms with Crippen molar-refractivity contribution in [2.24, 2.45) is 0 Å². The van der Waals surface area contributed by atoms with E-state index in [2.05, 4.69) is 31.3 Å². The Kier molecular flexibility index (Phi) is 25.4. The number of rotatable bonds is 30. The molecule has 7 rings (SSSR count). The molecule has 34 nitrogen and oxygen atoms in total. The second kappa shape index (κ2) is 31.8. The standard InChI is InChI=1S/C46H76N8O26/c55-19-25-33(59)39(65)41(67)45(77-25)73-15-13-71-11-9-69-7-5-53-17-23(49-51-53)1-3-29(57)47-31-37(63)35(61)27-22-76-44-32(38(64)36(62)28(80-44)21-75-43(31)79-27)48-30(58)4-2-24-18-54(52-50-24)6-8-70-10-12-72-14-16-74-46-42(68)40(66)34(60)26(20-56)78-46/h17-18,25-28,31-46,55-56,59-68H,1-16,19-22H2,(H,47,57)(H,48,58)/t25-,26-,27-,28-,31-,32-,33+,34+,35-,36-,37-,38-,39+,40+,41-,42-,43-,44-,45-,46-/m1/s1. The molecule has 2 aromatic rings. The summed E-state index contributed by atoms with van der Waals surface area (Å²) in [5.74, 6) is -1.09. The monoisotopic (exact) mass is 1160 g/mol. The van der Waals surface area contributed by atoms with Gasteiger partial charge in [0.05, 0.1) is 117 Å². The number of hydrogen-bond donors (Lipinski definition) is 14. The lowest BCUT2D eigenvalue weighted by Gasteiger charge is -2.47. The molecule has 2 amide bonds. The number of fused-ring (bicyclic) bond motifs is 4. The van der Waals surface area contributed by atoms with Crippen LogP contribution in [-0.4, -0.2) is 318 Å². The van der Waals surface area contributed by atoms with Crippen LogP contribution in [0.4, 0.5) is 0 Å². The zero-order valence-electron chi connectivity index (χ0n) is 43.6. The number of hydrogen-bond acceptors (Lipinski definition) is 30. The molecule has 4 bridgehead atoms. The molecule has 14 N–H and O–H groups in total. The fourth-order valence-corrected chi connectivity index (χ4v) is 9.05. The van der Waals surface area contributed by atoms with Crippen molar-refractivity contribution < 1.29 is 128 Å². The highest BCUT2D eigenvalue weighted by Gasteiger charge is 2.52. The number of amides is 2. The van der Waals surface area contributed by atoms with Gasteiger partial charge in [0.1, 0.15) is 97.5 Å². The van der Waals surface area contributed by atoms with Crippen molar-refractivity contribution in [3.8, 4) is 0 Å². The summed E-state index contributed by atoms with van der Waals surface area (Å²) >= 11 is 0. The van der Waals surface area contributed by atoms with E-state index in [-0.39, 0.29) is 91.8 Å². The van der Waals surface area contributed by atoms with Crippen LogP contribution in [0, 0.1) is 0 Å². The van der Waals surface area contributed by atoms with Crippen molar-refractivity contribution in [3.05, 3.63) is 23.8 Å². The lowest BCUT2D eigenvalue weighted by molar-refractivity contribution is -0.332. The van der Waals surface area contributed by atoms with Crippen molar-refractivity contribution in [1.82, 2.24) is 40.6 Å². The Labute approximate surface area is 457 Å². The number of aryl methyl sites for hydroxylation is 2. The molecule has 5 aliphatic rings. The van der Waals surface area contributed by atoms with E-state index in [4.69, 9.17) is 56.8 Å². The van der Waals surface area contributed by atoms with Crippen molar-refractivity contribution in [2.45, 2.75) is 161 Å². The lowest BCUT2D eigenvalue weighted by atomic mass is 9.94. The molecule has 34 heteroatoms. The summed E-state index contributed by atoms with van der Waals surface area (Å²) in [6, 6.07) is -2.57. The Bertz CT molecular complexity index is 1990. The summed E-state index contributed by atoms with van der Waals surface area (Å²) in [5, 5.41) is 144. The fourth-order valence-electron chi connectivity index (χ4n) is 9.05. The minimum atomic E-state index is -1.60. The van der Waals surface area contributed by atoms with Crippen LogP contribution in [0.1, 0.15) is 24.2 Å². The van der Waals surface area contributed by atoms with Crippen LogP contribution >= 0.6 is 0 Å². The molecule has 80 heavy (non-hydrogen) atoms. The van der Waals surface area contributed by atoms with Crippen molar-refractivity contribution in [1.29, 1.82) is 0 Å². The predicted octanol–water partition coefficient (Wildman–Crippen LogP) is -9.96. The van der Waals surface area contributed by atoms with Gasteiger partial charge in [-0.2, -0.15) is 0 Å². The van der Waals surface area contributed by atoms with Gasteiger partial charge in [-0.25, -0.2) is 9.36 Å². The first-order valence-corrected chi connectivity index (χ1v) is 26.3. The van der Waals surface area contributed by atoms with Crippen molar-refractivity contribution in [2.75, 3.05) is 92.5 Å². The average Bonchev–Trinajstić information content (AvgIpc) is 4.12. The Balaban J connectivity index is 0.750. The molecule has 0 spiro atoms. The third-order valence-electron chi connectivity index (χ3n) is 13.7. The molecule has 7 heterocycles. The summed E-state index contributed by atoms with van der Waals surface area (Å²) in [5.41, 5.74) is 0.960. The number of carbonyl (C=O) groups excluding carboxylic acids is 2. The average molecular weight is 1160 g/mol. The van der Waals surface area contributed by atoms with E-state index in [1.807, 2.05) is 0 Å². The fraction of sp³-hybridized carbons (Fsp3) is 0.870. The van der Waals surface area contributed by atoms with Crippen LogP contribution in [-0.2, 0) is 92.4 Å². The normalized spacial score (nSPS) is 35.6. The van der Waals surface area contributed by atoms with Gasteiger partial charge in [-0.1, -0.05) is 10.4 Å². The first-order chi connectivity index (χ1) is 38.6. The predicted molar refractivity (Wildman–Crippen MR) is 257 cm³/mol. The first kappa shape index (κ1) is 63.8. The van der Waals surface area contributed by atoms with E-state index in [1.54, 1.807) is 12.4 Å². The highest BCUT2D eigenvalue weighted by Crippen LogP contribution is 2.30. The Morgan fingerprint density at radius 2 is 0.863 bits per heavy atom. The van der Waals surface area contributed by atoms with Gasteiger partial charge < -0.3 is 129 Å². The van der Waals surface area contributed by atoms with Gasteiger partial charge in [0.15, 0.2) is 25.2 Å². The molecular formula is C46H76N8O26. The molecule has 456 valence electrons. The van der Waals surface area contributed by atoms with Crippen LogP contribution in [0.25, 0.3) is 0 Å². The van der Waals surface area contributed by atoms with E-state index >= 15 is 0 Å². The van der Waals surface area contributed by atoms with Gasteiger partial charge in [0.25, 0.3) is 0 Å². The minimum absolute atomic E-state index is 0.00522. The Hall–Kier alpha value is -3.74. The molecule has 0 saturated carbocycles. The maximum absolute atomic E-state index is 13.2. The number of aliphatic hydroxyl groups is 12. The van der Waals surface area contributed by atoms with Gasteiger partial charge in [-0.05, 0) is 0 Å².